The van der Waals surface area contributed by atoms with Crippen molar-refractivity contribution in [3.63, 3.8) is 0 Å². The lowest BCUT2D eigenvalue weighted by Crippen LogP contribution is -2.20. The molecule has 1 aromatic carbocycles. The molecule has 0 radical (unpaired) electrons. The predicted octanol–water partition coefficient (Wildman–Crippen LogP) is 3.12. The number of rotatable bonds is 8. The lowest BCUT2D eigenvalue weighted by Gasteiger charge is -2.07. The van der Waals surface area contributed by atoms with Gasteiger partial charge in [0, 0.05) is 5.75 Å². The summed E-state index contributed by atoms with van der Waals surface area (Å²) in [6.45, 7) is 5.17. The van der Waals surface area contributed by atoms with Crippen molar-refractivity contribution in [3.05, 3.63) is 46.5 Å². The number of thioether (sulfide) groups is 1. The molecule has 0 unspecified atom stereocenters. The summed E-state index contributed by atoms with van der Waals surface area (Å²) in [4.78, 5) is 29.2. The van der Waals surface area contributed by atoms with Gasteiger partial charge in [-0.25, -0.2) is 9.78 Å². The minimum absolute atomic E-state index is 0.0691. The summed E-state index contributed by atoms with van der Waals surface area (Å²) in [6, 6.07) is 9.90. The van der Waals surface area contributed by atoms with Crippen molar-refractivity contribution in [1.29, 1.82) is 0 Å². The fraction of sp³-hybridized carbons (Fsp3) is 0.316. The first kappa shape index (κ1) is 21.8. The molecule has 0 bridgehead atoms. The normalized spacial score (nSPS) is 10.9. The van der Waals surface area contributed by atoms with Crippen LogP contribution in [0.5, 0.6) is 0 Å². The Balaban J connectivity index is 1.64. The van der Waals surface area contributed by atoms with Gasteiger partial charge in [0.1, 0.15) is 11.4 Å². The summed E-state index contributed by atoms with van der Waals surface area (Å²) >= 11 is 2.51. The van der Waals surface area contributed by atoms with Gasteiger partial charge in [0.2, 0.25) is 11.9 Å². The molecule has 0 atom stereocenters. The Morgan fingerprint density at radius 2 is 2.00 bits per heavy atom. The van der Waals surface area contributed by atoms with E-state index in [9.17, 15) is 9.59 Å². The van der Waals surface area contributed by atoms with Crippen LogP contribution in [0.15, 0.2) is 35.5 Å². The van der Waals surface area contributed by atoms with Gasteiger partial charge in [-0.3, -0.25) is 9.36 Å². The van der Waals surface area contributed by atoms with Crippen LogP contribution in [0.25, 0.3) is 0 Å². The standard InChI is InChI=1S/C19H22N6O3S2/c1-11(2)28-16(27)15-12(3)21-18(30-15)22-14(26)9-25-17(20)23-24-19(25)29-10-13-7-5-4-6-8-13/h4-8,11H,9-10H2,1-3H3,(H2,20,23)(H,21,22,26). The molecule has 3 aromatic rings. The molecule has 0 aliphatic heterocycles. The van der Waals surface area contributed by atoms with Gasteiger partial charge in [-0.2, -0.15) is 0 Å². The van der Waals surface area contributed by atoms with Crippen LogP contribution < -0.4 is 11.1 Å². The quantitative estimate of drug-likeness (QED) is 0.399. The highest BCUT2D eigenvalue weighted by Crippen LogP contribution is 2.25. The third-order valence-corrected chi connectivity index (χ3v) is 5.92. The van der Waals surface area contributed by atoms with E-state index >= 15 is 0 Å². The average Bonchev–Trinajstić information content (AvgIpc) is 3.23. The van der Waals surface area contributed by atoms with E-state index in [1.807, 2.05) is 30.3 Å². The molecular formula is C19H22N6O3S2. The number of benzene rings is 1. The summed E-state index contributed by atoms with van der Waals surface area (Å²) in [7, 11) is 0. The molecule has 158 valence electrons. The number of carbonyl (C=O) groups is 2. The van der Waals surface area contributed by atoms with Crippen LogP contribution in [0.3, 0.4) is 0 Å². The van der Waals surface area contributed by atoms with Crippen molar-refractivity contribution in [1.82, 2.24) is 19.7 Å². The smallest absolute Gasteiger partial charge is 0.350 e. The number of amides is 1. The van der Waals surface area contributed by atoms with Crippen LogP contribution in [0.1, 0.15) is 34.8 Å². The summed E-state index contributed by atoms with van der Waals surface area (Å²) in [5, 5.41) is 11.5. The lowest BCUT2D eigenvalue weighted by atomic mass is 10.2. The van der Waals surface area contributed by atoms with E-state index in [1.54, 1.807) is 20.8 Å². The van der Waals surface area contributed by atoms with Crippen LogP contribution >= 0.6 is 23.1 Å². The Morgan fingerprint density at radius 1 is 1.27 bits per heavy atom. The molecule has 9 nitrogen and oxygen atoms in total. The van der Waals surface area contributed by atoms with Gasteiger partial charge < -0.3 is 15.8 Å². The molecule has 0 aliphatic carbocycles. The first-order valence-corrected chi connectivity index (χ1v) is 11.0. The predicted molar refractivity (Wildman–Crippen MR) is 116 cm³/mol. The van der Waals surface area contributed by atoms with Crippen LogP contribution in [-0.2, 0) is 21.8 Å². The number of hydrogen-bond acceptors (Lipinski definition) is 9. The zero-order valence-electron chi connectivity index (χ0n) is 16.8. The first-order chi connectivity index (χ1) is 14.3. The highest BCUT2D eigenvalue weighted by Gasteiger charge is 2.20. The van der Waals surface area contributed by atoms with Crippen molar-refractivity contribution in [2.45, 2.75) is 44.3 Å². The van der Waals surface area contributed by atoms with Gasteiger partial charge in [0.05, 0.1) is 11.8 Å². The first-order valence-electron chi connectivity index (χ1n) is 9.17. The maximum atomic E-state index is 12.5. The van der Waals surface area contributed by atoms with Gasteiger partial charge in [-0.05, 0) is 26.3 Å². The number of aromatic nitrogens is 4. The average molecular weight is 447 g/mol. The number of aryl methyl sites for hydroxylation is 1. The Kier molecular flexibility index (Phi) is 7.06. The van der Waals surface area contributed by atoms with E-state index in [0.717, 1.165) is 16.9 Å². The zero-order chi connectivity index (χ0) is 21.7. The fourth-order valence-electron chi connectivity index (χ4n) is 2.49. The van der Waals surface area contributed by atoms with Crippen LogP contribution in [0.2, 0.25) is 0 Å². The summed E-state index contributed by atoms with van der Waals surface area (Å²) in [5.74, 6) is 0.0223. The lowest BCUT2D eigenvalue weighted by molar-refractivity contribution is -0.116. The number of nitrogen functional groups attached to an aromatic ring is 1. The van der Waals surface area contributed by atoms with Crippen LogP contribution in [0.4, 0.5) is 11.1 Å². The van der Waals surface area contributed by atoms with Gasteiger partial charge in [0.25, 0.3) is 0 Å². The number of nitrogens with zero attached hydrogens (tertiary/aromatic N) is 4. The van der Waals surface area contributed by atoms with Crippen molar-refractivity contribution >= 4 is 46.1 Å². The number of esters is 1. The molecule has 0 spiro atoms. The number of hydrogen-bond donors (Lipinski definition) is 2. The van der Waals surface area contributed by atoms with Crippen molar-refractivity contribution in [2.24, 2.45) is 0 Å². The summed E-state index contributed by atoms with van der Waals surface area (Å²) in [6.07, 6.45) is -0.236. The highest BCUT2D eigenvalue weighted by molar-refractivity contribution is 7.98. The molecule has 3 rings (SSSR count). The van der Waals surface area contributed by atoms with Crippen LogP contribution in [-0.4, -0.2) is 37.7 Å². The maximum Gasteiger partial charge on any atom is 0.350 e. The SMILES string of the molecule is Cc1nc(NC(=O)Cn2c(N)nnc2SCc2ccccc2)sc1C(=O)OC(C)C. The maximum absolute atomic E-state index is 12.5. The second-order valence-electron chi connectivity index (χ2n) is 6.64. The third-order valence-electron chi connectivity index (χ3n) is 3.83. The number of ether oxygens (including phenoxy) is 1. The molecule has 2 aromatic heterocycles. The third kappa shape index (κ3) is 5.57. The van der Waals surface area contributed by atoms with E-state index < -0.39 is 5.97 Å². The monoisotopic (exact) mass is 446 g/mol. The molecule has 1 amide bonds. The number of anilines is 2. The van der Waals surface area contributed by atoms with E-state index in [0.29, 0.717) is 26.6 Å². The van der Waals surface area contributed by atoms with Crippen molar-refractivity contribution in [3.8, 4) is 0 Å². The van der Waals surface area contributed by atoms with Crippen LogP contribution in [0, 0.1) is 6.92 Å². The summed E-state index contributed by atoms with van der Waals surface area (Å²) < 4.78 is 6.73. The van der Waals surface area contributed by atoms with E-state index in [4.69, 9.17) is 10.5 Å². The Labute approximate surface area is 182 Å². The Morgan fingerprint density at radius 3 is 2.70 bits per heavy atom. The van der Waals surface area contributed by atoms with Crippen molar-refractivity contribution in [2.75, 3.05) is 11.1 Å². The highest BCUT2D eigenvalue weighted by atomic mass is 32.2. The Bertz CT molecular complexity index is 1030. The molecule has 11 heteroatoms. The molecule has 0 saturated heterocycles. The number of thiazole rings is 1. The Hall–Kier alpha value is -2.92. The minimum atomic E-state index is -0.455. The number of nitrogens with two attached hydrogens (primary N) is 1. The molecule has 30 heavy (non-hydrogen) atoms. The second-order valence-corrected chi connectivity index (χ2v) is 8.58. The van der Waals surface area contributed by atoms with E-state index in [2.05, 4.69) is 20.5 Å². The number of carbonyl (C=O) groups excluding carboxylic acids is 2. The molecule has 3 N–H and O–H groups in total. The topological polar surface area (TPSA) is 125 Å². The fourth-order valence-corrected chi connectivity index (χ4v) is 4.25. The largest absolute Gasteiger partial charge is 0.459 e. The molecule has 0 aliphatic rings. The molecule has 0 fully saturated rings. The van der Waals surface area contributed by atoms with Gasteiger partial charge >= 0.3 is 5.97 Å². The van der Waals surface area contributed by atoms with E-state index in [-0.39, 0.29) is 24.5 Å². The molecular weight excluding hydrogens is 424 g/mol. The molecule has 0 saturated carbocycles. The number of nitrogens with one attached hydrogen (secondary N) is 1. The van der Waals surface area contributed by atoms with Gasteiger partial charge in [0.15, 0.2) is 10.3 Å². The van der Waals surface area contributed by atoms with Crippen molar-refractivity contribution < 1.29 is 14.3 Å². The minimum Gasteiger partial charge on any atom is -0.459 e. The summed E-state index contributed by atoms with van der Waals surface area (Å²) in [5.41, 5.74) is 7.52. The molecule has 2 heterocycles. The van der Waals surface area contributed by atoms with Gasteiger partial charge in [-0.1, -0.05) is 53.4 Å². The zero-order valence-corrected chi connectivity index (χ0v) is 18.4. The second kappa shape index (κ2) is 9.72. The van der Waals surface area contributed by atoms with E-state index in [1.165, 1.54) is 16.3 Å². The van der Waals surface area contributed by atoms with Gasteiger partial charge in [-0.15, -0.1) is 10.2 Å².